The number of hydrogen-bond donors (Lipinski definition) is 2. The molecular weight excluding hydrogens is 268 g/mol. The van der Waals surface area contributed by atoms with E-state index in [1.54, 1.807) is 6.07 Å². The highest BCUT2D eigenvalue weighted by molar-refractivity contribution is 6.03. The fraction of sp³-hybridized carbons (Fsp3) is 0.267. The minimum absolute atomic E-state index is 0.225. The number of fused-ring (bicyclic) bond motifs is 1. The van der Waals surface area contributed by atoms with E-state index in [9.17, 15) is 4.79 Å². The van der Waals surface area contributed by atoms with Gasteiger partial charge in [-0.2, -0.15) is 4.98 Å². The number of nitrogens with one attached hydrogen (secondary N) is 2. The fourth-order valence-corrected chi connectivity index (χ4v) is 2.31. The lowest BCUT2D eigenvalue weighted by Crippen LogP contribution is -2.15. The Labute approximate surface area is 122 Å². The Morgan fingerprint density at radius 1 is 1.24 bits per heavy atom. The van der Waals surface area contributed by atoms with Crippen molar-refractivity contribution in [2.75, 3.05) is 12.4 Å². The standard InChI is InChI=1S/C15H16N4O2/c1-9-5-13(21-2)18-15(17-9)19-14(20)10-3-4-11-7-16-8-12(11)6-10/h3-6,16H,7-8H2,1-2H3,(H,17,18,19,20). The monoisotopic (exact) mass is 284 g/mol. The van der Waals surface area contributed by atoms with Gasteiger partial charge in [0.25, 0.3) is 5.91 Å². The molecule has 6 nitrogen and oxygen atoms in total. The smallest absolute Gasteiger partial charge is 0.258 e. The molecular formula is C15H16N4O2. The first-order valence-electron chi connectivity index (χ1n) is 6.69. The van der Waals surface area contributed by atoms with Gasteiger partial charge >= 0.3 is 0 Å². The van der Waals surface area contributed by atoms with Crippen molar-refractivity contribution in [1.82, 2.24) is 15.3 Å². The number of carbonyl (C=O) groups excluding carboxylic acids is 1. The van der Waals surface area contributed by atoms with Crippen LogP contribution < -0.4 is 15.4 Å². The lowest BCUT2D eigenvalue weighted by Gasteiger charge is -2.07. The summed E-state index contributed by atoms with van der Waals surface area (Å²) in [4.78, 5) is 20.6. The second-order valence-electron chi connectivity index (χ2n) is 4.92. The van der Waals surface area contributed by atoms with Gasteiger partial charge in [0, 0.05) is 30.4 Å². The van der Waals surface area contributed by atoms with Crippen molar-refractivity contribution >= 4 is 11.9 Å². The molecule has 3 rings (SSSR count). The summed E-state index contributed by atoms with van der Waals surface area (Å²) < 4.78 is 5.07. The molecule has 0 aliphatic carbocycles. The highest BCUT2D eigenvalue weighted by Gasteiger charge is 2.14. The maximum atomic E-state index is 12.3. The quantitative estimate of drug-likeness (QED) is 0.896. The van der Waals surface area contributed by atoms with Gasteiger partial charge in [-0.15, -0.1) is 0 Å². The van der Waals surface area contributed by atoms with Gasteiger partial charge in [-0.3, -0.25) is 10.1 Å². The molecule has 0 saturated heterocycles. The molecule has 2 N–H and O–H groups in total. The zero-order chi connectivity index (χ0) is 14.8. The molecule has 0 radical (unpaired) electrons. The Kier molecular flexibility index (Phi) is 3.53. The van der Waals surface area contributed by atoms with E-state index in [0.29, 0.717) is 11.4 Å². The molecule has 6 heteroatoms. The molecule has 1 amide bonds. The Morgan fingerprint density at radius 3 is 2.86 bits per heavy atom. The predicted molar refractivity (Wildman–Crippen MR) is 78.3 cm³/mol. The summed E-state index contributed by atoms with van der Waals surface area (Å²) in [5.41, 5.74) is 3.72. The van der Waals surface area contributed by atoms with Gasteiger partial charge in [0.15, 0.2) is 0 Å². The molecule has 0 spiro atoms. The van der Waals surface area contributed by atoms with Crippen molar-refractivity contribution in [3.63, 3.8) is 0 Å². The minimum atomic E-state index is -0.225. The first-order valence-corrected chi connectivity index (χ1v) is 6.69. The van der Waals surface area contributed by atoms with Crippen LogP contribution in [0.2, 0.25) is 0 Å². The van der Waals surface area contributed by atoms with Crippen LogP contribution in [0.15, 0.2) is 24.3 Å². The van der Waals surface area contributed by atoms with Gasteiger partial charge in [-0.25, -0.2) is 4.98 Å². The molecule has 0 atom stereocenters. The normalized spacial score (nSPS) is 12.9. The van der Waals surface area contributed by atoms with Gasteiger partial charge in [0.05, 0.1) is 7.11 Å². The molecule has 0 saturated carbocycles. The highest BCUT2D eigenvalue weighted by Crippen LogP contribution is 2.18. The average Bonchev–Trinajstić information content (AvgIpc) is 2.93. The number of rotatable bonds is 3. The molecule has 21 heavy (non-hydrogen) atoms. The van der Waals surface area contributed by atoms with Gasteiger partial charge in [-0.05, 0) is 30.2 Å². The van der Waals surface area contributed by atoms with Crippen molar-refractivity contribution in [1.29, 1.82) is 0 Å². The summed E-state index contributed by atoms with van der Waals surface area (Å²) in [5.74, 6) is 0.448. The van der Waals surface area contributed by atoms with E-state index in [0.717, 1.165) is 24.3 Å². The fourth-order valence-electron chi connectivity index (χ4n) is 2.31. The zero-order valence-corrected chi connectivity index (χ0v) is 11.9. The van der Waals surface area contributed by atoms with Gasteiger partial charge in [-0.1, -0.05) is 6.07 Å². The summed E-state index contributed by atoms with van der Waals surface area (Å²) in [6.45, 7) is 3.47. The number of aryl methyl sites for hydroxylation is 1. The molecule has 0 fully saturated rings. The Morgan fingerprint density at radius 2 is 2.05 bits per heavy atom. The maximum Gasteiger partial charge on any atom is 0.258 e. The summed E-state index contributed by atoms with van der Waals surface area (Å²) >= 11 is 0. The molecule has 1 aromatic carbocycles. The number of benzene rings is 1. The van der Waals surface area contributed by atoms with E-state index in [-0.39, 0.29) is 11.9 Å². The number of aromatic nitrogens is 2. The van der Waals surface area contributed by atoms with Gasteiger partial charge < -0.3 is 10.1 Å². The Hall–Kier alpha value is -2.47. The second-order valence-corrected chi connectivity index (χ2v) is 4.92. The second kappa shape index (κ2) is 5.49. The molecule has 0 unspecified atom stereocenters. The maximum absolute atomic E-state index is 12.3. The lowest BCUT2D eigenvalue weighted by atomic mass is 10.1. The van der Waals surface area contributed by atoms with E-state index in [1.165, 1.54) is 12.7 Å². The zero-order valence-electron chi connectivity index (χ0n) is 11.9. The van der Waals surface area contributed by atoms with E-state index in [1.807, 2.05) is 25.1 Å². The number of methoxy groups -OCH3 is 1. The molecule has 2 aromatic rings. The van der Waals surface area contributed by atoms with Crippen LogP contribution in [0.1, 0.15) is 27.2 Å². The first-order chi connectivity index (χ1) is 10.2. The highest BCUT2D eigenvalue weighted by atomic mass is 16.5. The lowest BCUT2D eigenvalue weighted by molar-refractivity contribution is 0.102. The van der Waals surface area contributed by atoms with Crippen molar-refractivity contribution < 1.29 is 9.53 Å². The van der Waals surface area contributed by atoms with Gasteiger partial charge in [0.1, 0.15) is 0 Å². The van der Waals surface area contributed by atoms with Crippen LogP contribution in [0.3, 0.4) is 0 Å². The van der Waals surface area contributed by atoms with Gasteiger partial charge in [0.2, 0.25) is 11.8 Å². The predicted octanol–water partition coefficient (Wildman–Crippen LogP) is 1.65. The molecule has 0 bridgehead atoms. The molecule has 1 aromatic heterocycles. The van der Waals surface area contributed by atoms with Crippen molar-refractivity contribution in [3.05, 3.63) is 46.6 Å². The largest absolute Gasteiger partial charge is 0.481 e. The Balaban J connectivity index is 1.81. The van der Waals surface area contributed by atoms with Crippen LogP contribution >= 0.6 is 0 Å². The third-order valence-electron chi connectivity index (χ3n) is 3.36. The van der Waals surface area contributed by atoms with E-state index in [4.69, 9.17) is 4.74 Å². The molecule has 1 aliphatic rings. The summed E-state index contributed by atoms with van der Waals surface area (Å²) in [5, 5.41) is 5.96. The minimum Gasteiger partial charge on any atom is -0.481 e. The summed E-state index contributed by atoms with van der Waals surface area (Å²) in [7, 11) is 1.53. The van der Waals surface area contributed by atoms with E-state index in [2.05, 4.69) is 20.6 Å². The number of nitrogens with zero attached hydrogens (tertiary/aromatic N) is 2. The average molecular weight is 284 g/mol. The number of amides is 1. The molecule has 108 valence electrons. The number of ether oxygens (including phenoxy) is 1. The van der Waals surface area contributed by atoms with Crippen molar-refractivity contribution in [3.8, 4) is 5.88 Å². The summed E-state index contributed by atoms with van der Waals surface area (Å²) in [6, 6.07) is 7.39. The third kappa shape index (κ3) is 2.85. The van der Waals surface area contributed by atoms with Crippen LogP contribution in [-0.2, 0) is 13.1 Å². The van der Waals surface area contributed by atoms with Crippen LogP contribution in [0.5, 0.6) is 5.88 Å². The topological polar surface area (TPSA) is 76.1 Å². The van der Waals surface area contributed by atoms with E-state index >= 15 is 0 Å². The summed E-state index contributed by atoms with van der Waals surface area (Å²) in [6.07, 6.45) is 0. The SMILES string of the molecule is COc1cc(C)nc(NC(=O)c2ccc3c(c2)CNC3)n1. The molecule has 2 heterocycles. The van der Waals surface area contributed by atoms with E-state index < -0.39 is 0 Å². The van der Waals surface area contributed by atoms with Crippen molar-refractivity contribution in [2.24, 2.45) is 0 Å². The van der Waals surface area contributed by atoms with Crippen LogP contribution in [0, 0.1) is 6.92 Å². The van der Waals surface area contributed by atoms with Crippen LogP contribution in [0.25, 0.3) is 0 Å². The first kappa shape index (κ1) is 13.5. The Bertz CT molecular complexity index is 700. The van der Waals surface area contributed by atoms with Crippen molar-refractivity contribution in [2.45, 2.75) is 20.0 Å². The number of carbonyl (C=O) groups is 1. The number of anilines is 1. The number of hydrogen-bond acceptors (Lipinski definition) is 5. The van der Waals surface area contributed by atoms with Crippen LogP contribution in [0.4, 0.5) is 5.95 Å². The van der Waals surface area contributed by atoms with Crippen LogP contribution in [-0.4, -0.2) is 23.0 Å². The third-order valence-corrected chi connectivity index (χ3v) is 3.36. The molecule has 1 aliphatic heterocycles.